The van der Waals surface area contributed by atoms with Gasteiger partial charge < -0.3 is 0 Å². The van der Waals surface area contributed by atoms with E-state index >= 15 is 0 Å². The largest absolute Gasteiger partial charge is 0.299 e. The second-order valence-corrected chi connectivity index (χ2v) is 7.21. The number of amidine groups is 1. The van der Waals surface area contributed by atoms with E-state index in [1.165, 1.54) is 23.7 Å². The maximum absolute atomic E-state index is 13.6. The number of aliphatic imine (C=N–C) groups is 1. The van der Waals surface area contributed by atoms with Gasteiger partial charge in [-0.2, -0.15) is 9.37 Å². The molecular formula is C23H19FN4S. The molecule has 0 aliphatic rings. The molecule has 4 nitrogen and oxygen atoms in total. The lowest BCUT2D eigenvalue weighted by Crippen LogP contribution is -2.19. The number of hydrogen-bond donors (Lipinski definition) is 0. The molecule has 0 saturated carbocycles. The SMILES string of the molecule is Cc1nsc(=NC(=Nc2ccccc2)c2ccccc2)n1Cc1cccc(F)c1. The van der Waals surface area contributed by atoms with Crippen LogP contribution in [0.5, 0.6) is 0 Å². The van der Waals surface area contributed by atoms with Gasteiger partial charge >= 0.3 is 0 Å². The van der Waals surface area contributed by atoms with Crippen LogP contribution in [0.15, 0.2) is 94.9 Å². The smallest absolute Gasteiger partial charge is 0.211 e. The number of benzene rings is 3. The van der Waals surface area contributed by atoms with E-state index in [1.54, 1.807) is 6.07 Å². The maximum atomic E-state index is 13.6. The minimum atomic E-state index is -0.252. The summed E-state index contributed by atoms with van der Waals surface area (Å²) >= 11 is 1.30. The Morgan fingerprint density at radius 2 is 1.69 bits per heavy atom. The number of aryl methyl sites for hydroxylation is 1. The van der Waals surface area contributed by atoms with Gasteiger partial charge in [0.25, 0.3) is 0 Å². The second kappa shape index (κ2) is 8.75. The van der Waals surface area contributed by atoms with Gasteiger partial charge in [-0.15, -0.1) is 0 Å². The minimum absolute atomic E-state index is 0.252. The molecule has 0 saturated heterocycles. The fraction of sp³-hybridized carbons (Fsp3) is 0.0870. The van der Waals surface area contributed by atoms with E-state index < -0.39 is 0 Å². The van der Waals surface area contributed by atoms with E-state index in [1.807, 2.05) is 78.2 Å². The second-order valence-electron chi connectivity index (χ2n) is 6.48. The Labute approximate surface area is 172 Å². The lowest BCUT2D eigenvalue weighted by molar-refractivity contribution is 0.622. The van der Waals surface area contributed by atoms with E-state index in [0.717, 1.165) is 22.6 Å². The van der Waals surface area contributed by atoms with Crippen molar-refractivity contribution in [3.63, 3.8) is 0 Å². The molecule has 144 valence electrons. The van der Waals surface area contributed by atoms with Gasteiger partial charge in [0.2, 0.25) is 4.80 Å². The zero-order valence-corrected chi connectivity index (χ0v) is 16.7. The average molecular weight is 402 g/mol. The highest BCUT2D eigenvalue weighted by Crippen LogP contribution is 2.14. The third kappa shape index (κ3) is 4.73. The Kier molecular flexibility index (Phi) is 5.72. The van der Waals surface area contributed by atoms with Crippen molar-refractivity contribution in [3.05, 3.63) is 112 Å². The van der Waals surface area contributed by atoms with Crippen molar-refractivity contribution in [3.8, 4) is 0 Å². The normalized spacial score (nSPS) is 12.3. The van der Waals surface area contributed by atoms with Crippen LogP contribution in [0.3, 0.4) is 0 Å². The molecule has 3 aromatic carbocycles. The first-order valence-electron chi connectivity index (χ1n) is 9.20. The van der Waals surface area contributed by atoms with Gasteiger partial charge in [-0.3, -0.25) is 4.57 Å². The van der Waals surface area contributed by atoms with Crippen LogP contribution in [0.1, 0.15) is 17.0 Å². The predicted octanol–water partition coefficient (Wildman–Crippen LogP) is 5.12. The Morgan fingerprint density at radius 1 is 0.966 bits per heavy atom. The van der Waals surface area contributed by atoms with Crippen molar-refractivity contribution in [2.45, 2.75) is 13.5 Å². The highest BCUT2D eigenvalue weighted by atomic mass is 32.1. The predicted molar refractivity (Wildman–Crippen MR) is 115 cm³/mol. The summed E-state index contributed by atoms with van der Waals surface area (Å²) in [6, 6.07) is 26.2. The third-order valence-electron chi connectivity index (χ3n) is 4.34. The highest BCUT2D eigenvalue weighted by molar-refractivity contribution is 7.02. The van der Waals surface area contributed by atoms with Crippen molar-refractivity contribution in [1.82, 2.24) is 8.94 Å². The summed E-state index contributed by atoms with van der Waals surface area (Å²) < 4.78 is 20.0. The van der Waals surface area contributed by atoms with Crippen LogP contribution in [-0.2, 0) is 6.54 Å². The average Bonchev–Trinajstić information content (AvgIpc) is 3.08. The zero-order valence-electron chi connectivity index (χ0n) is 15.9. The van der Waals surface area contributed by atoms with Crippen LogP contribution in [-0.4, -0.2) is 14.8 Å². The van der Waals surface area contributed by atoms with Crippen LogP contribution in [0.4, 0.5) is 10.1 Å². The first-order valence-corrected chi connectivity index (χ1v) is 9.98. The molecule has 0 amide bonds. The maximum Gasteiger partial charge on any atom is 0.211 e. The van der Waals surface area contributed by atoms with Crippen molar-refractivity contribution in [1.29, 1.82) is 0 Å². The molecule has 0 N–H and O–H groups in total. The molecule has 0 aliphatic heterocycles. The van der Waals surface area contributed by atoms with Gasteiger partial charge in [-0.25, -0.2) is 9.38 Å². The summed E-state index contributed by atoms with van der Waals surface area (Å²) in [6.07, 6.45) is 0. The van der Waals surface area contributed by atoms with Gasteiger partial charge in [0, 0.05) is 17.1 Å². The van der Waals surface area contributed by atoms with E-state index in [2.05, 4.69) is 4.37 Å². The number of halogens is 1. The molecule has 0 fully saturated rings. The summed E-state index contributed by atoms with van der Waals surface area (Å²) in [5, 5.41) is 0. The van der Waals surface area contributed by atoms with Gasteiger partial charge in [-0.1, -0.05) is 60.7 Å². The van der Waals surface area contributed by atoms with Gasteiger partial charge in [0.1, 0.15) is 11.6 Å². The molecule has 6 heteroatoms. The topological polar surface area (TPSA) is 42.5 Å². The molecular weight excluding hydrogens is 383 g/mol. The quantitative estimate of drug-likeness (QED) is 0.345. The third-order valence-corrected chi connectivity index (χ3v) is 5.17. The lowest BCUT2D eigenvalue weighted by atomic mass is 10.2. The van der Waals surface area contributed by atoms with Gasteiger partial charge in [-0.05, 0) is 36.8 Å². The molecule has 0 atom stereocenters. The zero-order chi connectivity index (χ0) is 20.1. The highest BCUT2D eigenvalue weighted by Gasteiger charge is 2.08. The molecule has 0 radical (unpaired) electrons. The van der Waals surface area contributed by atoms with E-state index in [9.17, 15) is 4.39 Å². The standard InChI is InChI=1S/C23H19FN4S/c1-17-27-29-23(28(17)16-18-9-8-12-20(24)15-18)26-22(19-10-4-2-5-11-19)25-21-13-6-3-7-14-21/h2-15H,16H2,1H3. The molecule has 29 heavy (non-hydrogen) atoms. The van der Waals surface area contributed by atoms with Crippen molar-refractivity contribution < 1.29 is 4.39 Å². The van der Waals surface area contributed by atoms with Crippen LogP contribution < -0.4 is 4.80 Å². The number of hydrogen-bond acceptors (Lipinski definition) is 3. The van der Waals surface area contributed by atoms with Gasteiger partial charge in [0.05, 0.1) is 12.2 Å². The molecule has 4 rings (SSSR count). The summed E-state index contributed by atoms with van der Waals surface area (Å²) in [6.45, 7) is 2.41. The summed E-state index contributed by atoms with van der Waals surface area (Å²) in [4.78, 5) is 10.3. The molecule has 1 aromatic heterocycles. The van der Waals surface area contributed by atoms with Crippen molar-refractivity contribution >= 4 is 23.1 Å². The lowest BCUT2D eigenvalue weighted by Gasteiger charge is -2.06. The number of para-hydroxylation sites is 1. The Morgan fingerprint density at radius 3 is 2.41 bits per heavy atom. The van der Waals surface area contributed by atoms with Gasteiger partial charge in [0.15, 0.2) is 5.84 Å². The number of nitrogens with zero attached hydrogens (tertiary/aromatic N) is 4. The Bertz CT molecular complexity index is 1190. The minimum Gasteiger partial charge on any atom is -0.299 e. The molecule has 1 heterocycles. The monoisotopic (exact) mass is 402 g/mol. The van der Waals surface area contributed by atoms with Crippen LogP contribution in [0, 0.1) is 12.7 Å². The van der Waals surface area contributed by atoms with Crippen molar-refractivity contribution in [2.75, 3.05) is 0 Å². The fourth-order valence-corrected chi connectivity index (χ4v) is 3.62. The first kappa shape index (κ1) is 19.0. The summed E-state index contributed by atoms with van der Waals surface area (Å²) in [7, 11) is 0. The van der Waals surface area contributed by atoms with Crippen LogP contribution in [0.2, 0.25) is 0 Å². The molecule has 4 aromatic rings. The number of aromatic nitrogens is 2. The molecule has 0 unspecified atom stereocenters. The van der Waals surface area contributed by atoms with Crippen LogP contribution in [0.25, 0.3) is 0 Å². The molecule has 0 aliphatic carbocycles. The Hall–Kier alpha value is -3.38. The van der Waals surface area contributed by atoms with E-state index in [0.29, 0.717) is 17.2 Å². The summed E-state index contributed by atoms with van der Waals surface area (Å²) in [5.74, 6) is 1.18. The summed E-state index contributed by atoms with van der Waals surface area (Å²) in [5.41, 5.74) is 2.60. The van der Waals surface area contributed by atoms with E-state index in [-0.39, 0.29) is 5.82 Å². The molecule has 0 spiro atoms. The molecule has 0 bridgehead atoms. The van der Waals surface area contributed by atoms with Crippen molar-refractivity contribution in [2.24, 2.45) is 9.98 Å². The Balaban J connectivity index is 1.80. The van der Waals surface area contributed by atoms with Crippen LogP contribution >= 0.6 is 11.5 Å². The van der Waals surface area contributed by atoms with E-state index in [4.69, 9.17) is 9.98 Å². The fourth-order valence-electron chi connectivity index (χ4n) is 2.88. The first-order chi connectivity index (χ1) is 14.2. The number of rotatable bonds is 4.